The van der Waals surface area contributed by atoms with Crippen LogP contribution in [0.15, 0.2) is 0 Å². The average Bonchev–Trinajstić information content (AvgIpc) is 2.00. The number of rotatable bonds is 2. The molecule has 0 aromatic rings. The van der Waals surface area contributed by atoms with Crippen LogP contribution in [0.3, 0.4) is 0 Å². The third-order valence-electron chi connectivity index (χ3n) is 2.94. The molecule has 0 aromatic heterocycles. The monoisotopic (exact) mass is 170 g/mol. The highest BCUT2D eigenvalue weighted by molar-refractivity contribution is 5.83. The van der Waals surface area contributed by atoms with E-state index in [2.05, 4.69) is 17.6 Å². The predicted octanol–water partition coefficient (Wildman–Crippen LogP) is 0.511. The number of nitrogens with one attached hydrogen (secondary N) is 2. The zero-order chi connectivity index (χ0) is 9.41. The van der Waals surface area contributed by atoms with Crippen molar-refractivity contribution in [3.63, 3.8) is 0 Å². The lowest BCUT2D eigenvalue weighted by atomic mass is 9.58. The normalized spacial score (nSPS) is 40.3. The van der Waals surface area contributed by atoms with Crippen LogP contribution >= 0.6 is 0 Å². The van der Waals surface area contributed by atoms with Crippen molar-refractivity contribution in [2.45, 2.75) is 32.2 Å². The van der Waals surface area contributed by atoms with E-state index in [4.69, 9.17) is 0 Å². The van der Waals surface area contributed by atoms with Gasteiger partial charge in [-0.3, -0.25) is 4.79 Å². The topological polar surface area (TPSA) is 41.1 Å². The van der Waals surface area contributed by atoms with Crippen molar-refractivity contribution in [2.75, 3.05) is 14.1 Å². The molecule has 0 heterocycles. The van der Waals surface area contributed by atoms with Crippen LogP contribution in [0, 0.1) is 5.41 Å². The molecule has 0 radical (unpaired) electrons. The van der Waals surface area contributed by atoms with Gasteiger partial charge < -0.3 is 10.6 Å². The number of amides is 1. The number of hydrogen-bond donors (Lipinski definition) is 2. The Bertz CT molecular complexity index is 195. The fraction of sp³-hybridized carbons (Fsp3) is 0.889. The Balaban J connectivity index is 2.55. The molecule has 1 aliphatic carbocycles. The van der Waals surface area contributed by atoms with E-state index in [1.165, 1.54) is 0 Å². The molecule has 12 heavy (non-hydrogen) atoms. The highest BCUT2D eigenvalue weighted by Gasteiger charge is 2.52. The van der Waals surface area contributed by atoms with Crippen LogP contribution in [0.5, 0.6) is 0 Å². The van der Waals surface area contributed by atoms with Crippen molar-refractivity contribution in [3.8, 4) is 0 Å². The molecule has 0 bridgehead atoms. The van der Waals surface area contributed by atoms with Gasteiger partial charge in [-0.15, -0.1) is 0 Å². The van der Waals surface area contributed by atoms with Crippen molar-refractivity contribution in [2.24, 2.45) is 5.41 Å². The fourth-order valence-corrected chi connectivity index (χ4v) is 2.31. The SMILES string of the molecule is CNC(=O)C1(C)CC(C)(NC)C1. The molecular formula is C9H18N2O. The maximum absolute atomic E-state index is 11.4. The molecule has 3 nitrogen and oxygen atoms in total. The van der Waals surface area contributed by atoms with Gasteiger partial charge in [-0.25, -0.2) is 0 Å². The molecule has 3 heteroatoms. The first-order chi connectivity index (χ1) is 5.46. The van der Waals surface area contributed by atoms with Crippen molar-refractivity contribution in [1.82, 2.24) is 10.6 Å². The van der Waals surface area contributed by atoms with Crippen molar-refractivity contribution < 1.29 is 4.79 Å². The van der Waals surface area contributed by atoms with Gasteiger partial charge in [-0.1, -0.05) is 6.92 Å². The number of hydrogen-bond acceptors (Lipinski definition) is 2. The first kappa shape index (κ1) is 9.52. The molecule has 70 valence electrons. The summed E-state index contributed by atoms with van der Waals surface area (Å²) in [6, 6.07) is 0. The molecule has 0 saturated heterocycles. The number of carbonyl (C=O) groups is 1. The Kier molecular flexibility index (Phi) is 2.17. The zero-order valence-corrected chi connectivity index (χ0v) is 8.32. The van der Waals surface area contributed by atoms with Gasteiger partial charge in [-0.2, -0.15) is 0 Å². The lowest BCUT2D eigenvalue weighted by Gasteiger charge is -2.51. The number of carbonyl (C=O) groups excluding carboxylic acids is 1. The second-order valence-electron chi connectivity index (χ2n) is 4.30. The van der Waals surface area contributed by atoms with E-state index >= 15 is 0 Å². The first-order valence-electron chi connectivity index (χ1n) is 4.37. The first-order valence-corrected chi connectivity index (χ1v) is 4.37. The van der Waals surface area contributed by atoms with E-state index < -0.39 is 0 Å². The van der Waals surface area contributed by atoms with Gasteiger partial charge in [0.05, 0.1) is 0 Å². The zero-order valence-electron chi connectivity index (χ0n) is 8.32. The molecule has 1 rings (SSSR count). The third-order valence-corrected chi connectivity index (χ3v) is 2.94. The van der Waals surface area contributed by atoms with Gasteiger partial charge in [-0.05, 0) is 26.8 Å². The molecule has 1 amide bonds. The van der Waals surface area contributed by atoms with Gasteiger partial charge in [0.15, 0.2) is 0 Å². The van der Waals surface area contributed by atoms with Gasteiger partial charge in [0, 0.05) is 18.0 Å². The van der Waals surface area contributed by atoms with Crippen LogP contribution in [0.2, 0.25) is 0 Å². The quantitative estimate of drug-likeness (QED) is 0.634. The van der Waals surface area contributed by atoms with Crippen molar-refractivity contribution in [1.29, 1.82) is 0 Å². The highest BCUT2D eigenvalue weighted by Crippen LogP contribution is 2.47. The van der Waals surface area contributed by atoms with E-state index in [-0.39, 0.29) is 16.9 Å². The second kappa shape index (κ2) is 2.73. The molecule has 1 fully saturated rings. The molecule has 1 aliphatic rings. The summed E-state index contributed by atoms with van der Waals surface area (Å²) in [7, 11) is 3.64. The van der Waals surface area contributed by atoms with Gasteiger partial charge >= 0.3 is 0 Å². The lowest BCUT2D eigenvalue weighted by molar-refractivity contribution is -0.139. The molecule has 0 atom stereocenters. The summed E-state index contributed by atoms with van der Waals surface area (Å²) in [5, 5.41) is 5.93. The fourth-order valence-electron chi connectivity index (χ4n) is 2.31. The van der Waals surface area contributed by atoms with E-state index in [1.807, 2.05) is 14.0 Å². The largest absolute Gasteiger partial charge is 0.359 e. The third kappa shape index (κ3) is 1.33. The summed E-state index contributed by atoms with van der Waals surface area (Å²) in [6.45, 7) is 4.17. The van der Waals surface area contributed by atoms with E-state index in [9.17, 15) is 4.79 Å². The van der Waals surface area contributed by atoms with Crippen molar-refractivity contribution >= 4 is 5.91 Å². The van der Waals surface area contributed by atoms with Crippen LogP contribution in [-0.2, 0) is 4.79 Å². The van der Waals surface area contributed by atoms with Crippen molar-refractivity contribution in [3.05, 3.63) is 0 Å². The van der Waals surface area contributed by atoms with E-state index in [0.717, 1.165) is 12.8 Å². The molecule has 2 N–H and O–H groups in total. The molecule has 1 saturated carbocycles. The van der Waals surface area contributed by atoms with Crippen LogP contribution in [0.1, 0.15) is 26.7 Å². The van der Waals surface area contributed by atoms with Crippen LogP contribution in [0.25, 0.3) is 0 Å². The second-order valence-corrected chi connectivity index (χ2v) is 4.30. The van der Waals surface area contributed by atoms with Gasteiger partial charge in [0.1, 0.15) is 0 Å². The minimum Gasteiger partial charge on any atom is -0.359 e. The Morgan fingerprint density at radius 2 is 1.75 bits per heavy atom. The maximum atomic E-state index is 11.4. The summed E-state index contributed by atoms with van der Waals surface area (Å²) in [5.41, 5.74) is 0.0216. The predicted molar refractivity (Wildman–Crippen MR) is 48.9 cm³/mol. The average molecular weight is 170 g/mol. The van der Waals surface area contributed by atoms with Crippen LogP contribution in [0.4, 0.5) is 0 Å². The summed E-state index contributed by atoms with van der Waals surface area (Å²) in [4.78, 5) is 11.4. The molecule has 0 aromatic carbocycles. The standard InChI is InChI=1S/C9H18N2O/c1-8(7(12)10-3)5-9(2,6-8)11-4/h11H,5-6H2,1-4H3,(H,10,12). The molecular weight excluding hydrogens is 152 g/mol. The Hall–Kier alpha value is -0.570. The molecule has 0 aliphatic heterocycles. The highest BCUT2D eigenvalue weighted by atomic mass is 16.2. The maximum Gasteiger partial charge on any atom is 0.225 e. The van der Waals surface area contributed by atoms with Gasteiger partial charge in [0.2, 0.25) is 5.91 Å². The van der Waals surface area contributed by atoms with E-state index in [0.29, 0.717) is 0 Å². The summed E-state index contributed by atoms with van der Waals surface area (Å²) < 4.78 is 0. The summed E-state index contributed by atoms with van der Waals surface area (Å²) >= 11 is 0. The van der Waals surface area contributed by atoms with E-state index in [1.54, 1.807) is 7.05 Å². The lowest BCUT2D eigenvalue weighted by Crippen LogP contribution is -2.61. The molecule has 0 spiro atoms. The Labute approximate surface area is 73.9 Å². The van der Waals surface area contributed by atoms with Gasteiger partial charge in [0.25, 0.3) is 0 Å². The smallest absolute Gasteiger partial charge is 0.225 e. The summed E-state index contributed by atoms with van der Waals surface area (Å²) in [5.74, 6) is 0.162. The summed E-state index contributed by atoms with van der Waals surface area (Å²) in [6.07, 6.45) is 1.85. The minimum atomic E-state index is -0.146. The minimum absolute atomic E-state index is 0.146. The molecule has 0 unspecified atom stereocenters. The Morgan fingerprint density at radius 3 is 2.08 bits per heavy atom. The Morgan fingerprint density at radius 1 is 1.25 bits per heavy atom. The van der Waals surface area contributed by atoms with Crippen LogP contribution in [-0.4, -0.2) is 25.5 Å². The van der Waals surface area contributed by atoms with Crippen LogP contribution < -0.4 is 10.6 Å².